The van der Waals surface area contributed by atoms with Crippen molar-refractivity contribution in [2.75, 3.05) is 18.8 Å². The molecule has 1 amide bonds. The van der Waals surface area contributed by atoms with Crippen molar-refractivity contribution >= 4 is 23.2 Å². The number of hydrogen-bond acceptors (Lipinski definition) is 3. The van der Waals surface area contributed by atoms with Crippen molar-refractivity contribution in [1.29, 1.82) is 0 Å². The molecule has 0 spiro atoms. The summed E-state index contributed by atoms with van der Waals surface area (Å²) in [5, 5.41) is 11.5. The van der Waals surface area contributed by atoms with Gasteiger partial charge in [-0.25, -0.2) is 0 Å². The predicted molar refractivity (Wildman–Crippen MR) is 96.1 cm³/mol. The number of anilines is 1. The summed E-state index contributed by atoms with van der Waals surface area (Å²) in [6, 6.07) is 12.7. The molecule has 1 aliphatic heterocycles. The largest absolute Gasteiger partial charge is 0.399 e. The van der Waals surface area contributed by atoms with Gasteiger partial charge in [-0.3, -0.25) is 4.79 Å². The molecule has 0 radical (unpaired) electrons. The Balaban J connectivity index is 1.75. The Morgan fingerprint density at radius 3 is 2.50 bits per heavy atom. The van der Waals surface area contributed by atoms with Crippen LogP contribution in [0.3, 0.4) is 0 Å². The molecule has 1 heterocycles. The van der Waals surface area contributed by atoms with Gasteiger partial charge < -0.3 is 15.7 Å². The molecule has 0 atom stereocenters. The van der Waals surface area contributed by atoms with Crippen LogP contribution in [0.2, 0.25) is 5.02 Å². The van der Waals surface area contributed by atoms with Gasteiger partial charge in [0.05, 0.1) is 5.60 Å². The van der Waals surface area contributed by atoms with E-state index < -0.39 is 5.60 Å². The second-order valence-electron chi connectivity index (χ2n) is 6.38. The summed E-state index contributed by atoms with van der Waals surface area (Å²) in [7, 11) is 0. The molecule has 5 heteroatoms. The number of carbonyl (C=O) groups excluding carboxylic acids is 1. The van der Waals surface area contributed by atoms with E-state index in [0.29, 0.717) is 42.2 Å². The van der Waals surface area contributed by atoms with E-state index in [4.69, 9.17) is 17.3 Å². The normalized spacial score (nSPS) is 16.9. The smallest absolute Gasteiger partial charge is 0.254 e. The van der Waals surface area contributed by atoms with E-state index in [1.54, 1.807) is 29.2 Å². The third-order valence-electron chi connectivity index (χ3n) is 4.73. The Hall–Kier alpha value is -2.04. The number of nitrogens with two attached hydrogens (primary N) is 1. The Bertz CT molecular complexity index is 768. The maximum Gasteiger partial charge on any atom is 0.254 e. The zero-order valence-electron chi connectivity index (χ0n) is 13.6. The molecule has 0 bridgehead atoms. The quantitative estimate of drug-likeness (QED) is 0.821. The van der Waals surface area contributed by atoms with Gasteiger partial charge in [-0.1, -0.05) is 29.8 Å². The minimum absolute atomic E-state index is 0.0197. The van der Waals surface area contributed by atoms with E-state index in [1.165, 1.54) is 0 Å². The summed E-state index contributed by atoms with van der Waals surface area (Å²) in [4.78, 5) is 14.5. The van der Waals surface area contributed by atoms with Crippen LogP contribution in [0.4, 0.5) is 5.69 Å². The topological polar surface area (TPSA) is 66.6 Å². The summed E-state index contributed by atoms with van der Waals surface area (Å²) >= 11 is 6.23. The zero-order chi connectivity index (χ0) is 17.3. The maximum atomic E-state index is 12.7. The minimum atomic E-state index is -0.981. The molecule has 126 valence electrons. The third kappa shape index (κ3) is 3.12. The van der Waals surface area contributed by atoms with Crippen LogP contribution in [0.1, 0.15) is 34.3 Å². The Morgan fingerprint density at radius 1 is 1.21 bits per heavy atom. The summed E-state index contributed by atoms with van der Waals surface area (Å²) in [5.74, 6) is -0.0197. The first-order valence-electron chi connectivity index (χ1n) is 8.03. The summed E-state index contributed by atoms with van der Waals surface area (Å²) < 4.78 is 0. The van der Waals surface area contributed by atoms with Crippen molar-refractivity contribution in [2.45, 2.75) is 25.4 Å². The number of likely N-dealkylation sites (tertiary alicyclic amines) is 1. The molecular formula is C19H21ClN2O2. The molecule has 1 fully saturated rings. The highest BCUT2D eigenvalue weighted by Crippen LogP contribution is 2.37. The van der Waals surface area contributed by atoms with Gasteiger partial charge in [-0.2, -0.15) is 0 Å². The first kappa shape index (κ1) is 16.8. The Morgan fingerprint density at radius 2 is 1.88 bits per heavy atom. The van der Waals surface area contributed by atoms with Crippen molar-refractivity contribution in [3.8, 4) is 0 Å². The van der Waals surface area contributed by atoms with Gasteiger partial charge in [0.25, 0.3) is 5.91 Å². The summed E-state index contributed by atoms with van der Waals surface area (Å²) in [5.41, 5.74) is 7.68. The molecule has 24 heavy (non-hydrogen) atoms. The first-order chi connectivity index (χ1) is 11.4. The van der Waals surface area contributed by atoms with Gasteiger partial charge in [-0.05, 0) is 49.6 Å². The first-order valence-corrected chi connectivity index (χ1v) is 8.41. The summed E-state index contributed by atoms with van der Waals surface area (Å²) in [6.07, 6.45) is 0.937. The van der Waals surface area contributed by atoms with Crippen molar-refractivity contribution in [3.05, 3.63) is 64.2 Å². The lowest BCUT2D eigenvalue weighted by molar-refractivity contribution is -0.0210. The number of benzene rings is 2. The lowest BCUT2D eigenvalue weighted by atomic mass is 9.84. The van der Waals surface area contributed by atoms with Crippen molar-refractivity contribution in [1.82, 2.24) is 4.90 Å². The fourth-order valence-electron chi connectivity index (χ4n) is 3.28. The van der Waals surface area contributed by atoms with E-state index in [9.17, 15) is 9.90 Å². The summed E-state index contributed by atoms with van der Waals surface area (Å²) in [6.45, 7) is 2.86. The number of nitrogens with zero attached hydrogens (tertiary/aromatic N) is 1. The van der Waals surface area contributed by atoms with Crippen LogP contribution in [0.5, 0.6) is 0 Å². The van der Waals surface area contributed by atoms with E-state index in [0.717, 1.165) is 11.1 Å². The molecule has 3 N–H and O–H groups in total. The average molecular weight is 345 g/mol. The molecule has 3 rings (SSSR count). The van der Waals surface area contributed by atoms with E-state index >= 15 is 0 Å². The van der Waals surface area contributed by atoms with Crippen LogP contribution in [0, 0.1) is 6.92 Å². The van der Waals surface area contributed by atoms with Crippen LogP contribution < -0.4 is 5.73 Å². The van der Waals surface area contributed by atoms with Crippen LogP contribution in [-0.2, 0) is 5.60 Å². The number of piperidine rings is 1. The predicted octanol–water partition coefficient (Wildman–Crippen LogP) is 3.35. The fraction of sp³-hybridized carbons (Fsp3) is 0.316. The number of halogens is 1. The molecule has 0 unspecified atom stereocenters. The Kier molecular flexibility index (Phi) is 4.52. The number of aryl methyl sites for hydroxylation is 1. The van der Waals surface area contributed by atoms with Crippen LogP contribution in [-0.4, -0.2) is 29.0 Å². The minimum Gasteiger partial charge on any atom is -0.399 e. The lowest BCUT2D eigenvalue weighted by Gasteiger charge is -2.39. The number of hydrogen-bond donors (Lipinski definition) is 2. The monoisotopic (exact) mass is 344 g/mol. The molecule has 1 saturated heterocycles. The van der Waals surface area contributed by atoms with Gasteiger partial charge >= 0.3 is 0 Å². The molecule has 0 saturated carbocycles. The van der Waals surface area contributed by atoms with Crippen LogP contribution >= 0.6 is 11.6 Å². The van der Waals surface area contributed by atoms with Gasteiger partial charge in [0.1, 0.15) is 0 Å². The van der Waals surface area contributed by atoms with E-state index in [-0.39, 0.29) is 5.91 Å². The van der Waals surface area contributed by atoms with E-state index in [2.05, 4.69) is 0 Å². The van der Waals surface area contributed by atoms with Gasteiger partial charge in [-0.15, -0.1) is 0 Å². The molecule has 1 aliphatic rings. The highest BCUT2D eigenvalue weighted by Gasteiger charge is 2.37. The number of nitrogen functional groups attached to an aromatic ring is 1. The average Bonchev–Trinajstić information content (AvgIpc) is 2.55. The van der Waals surface area contributed by atoms with Crippen molar-refractivity contribution in [3.63, 3.8) is 0 Å². The Labute approximate surface area is 146 Å². The second-order valence-corrected chi connectivity index (χ2v) is 6.79. The lowest BCUT2D eigenvalue weighted by Crippen LogP contribution is -2.45. The zero-order valence-corrected chi connectivity index (χ0v) is 14.4. The SMILES string of the molecule is Cc1cc(N)ccc1C(=O)N1CCC(O)(c2ccccc2Cl)CC1. The number of amides is 1. The molecule has 0 aliphatic carbocycles. The van der Waals surface area contributed by atoms with Gasteiger partial charge in [0.2, 0.25) is 0 Å². The standard InChI is InChI=1S/C19H21ClN2O2/c1-13-12-14(21)6-7-15(13)18(23)22-10-8-19(24,9-11-22)16-4-2-3-5-17(16)20/h2-7,12,24H,8-11,21H2,1H3. The van der Waals surface area contributed by atoms with Gasteiger partial charge in [0, 0.05) is 34.9 Å². The van der Waals surface area contributed by atoms with Gasteiger partial charge in [0.15, 0.2) is 0 Å². The molecular weight excluding hydrogens is 324 g/mol. The second kappa shape index (κ2) is 6.46. The molecule has 2 aromatic rings. The highest BCUT2D eigenvalue weighted by atomic mass is 35.5. The maximum absolute atomic E-state index is 12.7. The number of carbonyl (C=O) groups is 1. The van der Waals surface area contributed by atoms with Crippen LogP contribution in [0.25, 0.3) is 0 Å². The number of rotatable bonds is 2. The fourth-order valence-corrected chi connectivity index (χ4v) is 3.60. The van der Waals surface area contributed by atoms with E-state index in [1.807, 2.05) is 25.1 Å². The van der Waals surface area contributed by atoms with Crippen molar-refractivity contribution in [2.24, 2.45) is 0 Å². The highest BCUT2D eigenvalue weighted by molar-refractivity contribution is 6.31. The molecule has 0 aromatic heterocycles. The molecule has 2 aromatic carbocycles. The number of aliphatic hydroxyl groups is 1. The van der Waals surface area contributed by atoms with Crippen molar-refractivity contribution < 1.29 is 9.90 Å². The molecule has 4 nitrogen and oxygen atoms in total. The third-order valence-corrected chi connectivity index (χ3v) is 5.06. The van der Waals surface area contributed by atoms with Crippen LogP contribution in [0.15, 0.2) is 42.5 Å².